The molecule has 3 amide bonds. The average Bonchev–Trinajstić information content (AvgIpc) is 3.26. The number of amides is 3. The molecule has 0 saturated heterocycles. The summed E-state index contributed by atoms with van der Waals surface area (Å²) in [5.41, 5.74) is 2.25. The van der Waals surface area contributed by atoms with E-state index in [2.05, 4.69) is 20.9 Å². The third-order valence-electron chi connectivity index (χ3n) is 3.72. The number of nitrogens with one attached hydrogen (secondary N) is 3. The number of anilines is 2. The largest absolute Gasteiger partial charge is 0.328 e. The van der Waals surface area contributed by atoms with Crippen LogP contribution in [0.4, 0.5) is 16.2 Å². The fraction of sp³-hybridized carbons (Fsp3) is 0.353. The van der Waals surface area contributed by atoms with Gasteiger partial charge in [0.2, 0.25) is 5.91 Å². The Kier molecular flexibility index (Phi) is 4.80. The number of hydrogen-bond acceptors (Lipinski definition) is 4. The van der Waals surface area contributed by atoms with Gasteiger partial charge in [-0.3, -0.25) is 4.79 Å². The minimum atomic E-state index is -0.264. The zero-order valence-corrected chi connectivity index (χ0v) is 14.4. The van der Waals surface area contributed by atoms with Crippen LogP contribution in [0.15, 0.2) is 29.6 Å². The molecule has 0 aliphatic heterocycles. The van der Waals surface area contributed by atoms with Gasteiger partial charge in [-0.1, -0.05) is 6.07 Å². The Bertz CT molecular complexity index is 755. The molecule has 0 bridgehead atoms. The van der Waals surface area contributed by atoms with Crippen LogP contribution in [0.3, 0.4) is 0 Å². The van der Waals surface area contributed by atoms with Gasteiger partial charge in [-0.15, -0.1) is 11.3 Å². The summed E-state index contributed by atoms with van der Waals surface area (Å²) >= 11 is 1.58. The Labute approximate surface area is 144 Å². The van der Waals surface area contributed by atoms with Gasteiger partial charge < -0.3 is 16.0 Å². The summed E-state index contributed by atoms with van der Waals surface area (Å²) in [5.74, 6) is 0.316. The highest BCUT2D eigenvalue weighted by atomic mass is 32.1. The molecule has 0 spiro atoms. The fourth-order valence-corrected chi connectivity index (χ4v) is 3.45. The molecule has 2 aromatic rings. The molecule has 1 aliphatic rings. The zero-order chi connectivity index (χ0) is 17.1. The van der Waals surface area contributed by atoms with E-state index in [1.54, 1.807) is 35.6 Å². The molecule has 126 valence electrons. The van der Waals surface area contributed by atoms with Crippen LogP contribution in [0.1, 0.15) is 36.5 Å². The maximum atomic E-state index is 12.3. The van der Waals surface area contributed by atoms with Crippen LogP contribution in [0, 0.1) is 12.8 Å². The summed E-state index contributed by atoms with van der Waals surface area (Å²) in [6.07, 6.45) is 2.23. The third-order valence-corrected chi connectivity index (χ3v) is 4.77. The van der Waals surface area contributed by atoms with Gasteiger partial charge in [-0.05, 0) is 43.9 Å². The van der Waals surface area contributed by atoms with Crippen LogP contribution < -0.4 is 16.0 Å². The zero-order valence-electron chi connectivity index (χ0n) is 13.6. The Morgan fingerprint density at radius 3 is 2.54 bits per heavy atom. The van der Waals surface area contributed by atoms with Gasteiger partial charge in [-0.25, -0.2) is 9.78 Å². The van der Waals surface area contributed by atoms with Crippen molar-refractivity contribution in [3.63, 3.8) is 0 Å². The molecular formula is C17H20N4O2S. The van der Waals surface area contributed by atoms with Crippen molar-refractivity contribution in [2.45, 2.75) is 32.7 Å². The number of aryl methyl sites for hydroxylation is 1. The normalized spacial score (nSPS) is 14.8. The van der Waals surface area contributed by atoms with E-state index in [0.29, 0.717) is 17.3 Å². The number of nitrogens with zero attached hydrogens (tertiary/aromatic N) is 1. The van der Waals surface area contributed by atoms with Crippen LogP contribution in [0.5, 0.6) is 0 Å². The number of benzene rings is 1. The molecule has 3 rings (SSSR count). The van der Waals surface area contributed by atoms with Gasteiger partial charge in [0.25, 0.3) is 0 Å². The molecule has 1 unspecified atom stereocenters. The van der Waals surface area contributed by atoms with E-state index in [0.717, 1.165) is 23.5 Å². The van der Waals surface area contributed by atoms with E-state index < -0.39 is 0 Å². The third kappa shape index (κ3) is 4.32. The maximum Gasteiger partial charge on any atom is 0.319 e. The Balaban J connectivity index is 1.65. The number of carbonyl (C=O) groups excluding carboxylic acids is 2. The molecular weight excluding hydrogens is 324 g/mol. The van der Waals surface area contributed by atoms with E-state index in [1.165, 1.54) is 6.92 Å². The molecule has 1 saturated carbocycles. The first kappa shape index (κ1) is 16.4. The van der Waals surface area contributed by atoms with Gasteiger partial charge in [0.15, 0.2) is 0 Å². The number of hydrogen-bond donors (Lipinski definition) is 3. The lowest BCUT2D eigenvalue weighted by molar-refractivity contribution is -0.114. The first-order valence-corrected chi connectivity index (χ1v) is 8.76. The molecule has 3 N–H and O–H groups in total. The first-order valence-electron chi connectivity index (χ1n) is 7.88. The van der Waals surface area contributed by atoms with Gasteiger partial charge in [0.05, 0.1) is 6.04 Å². The van der Waals surface area contributed by atoms with E-state index in [-0.39, 0.29) is 18.0 Å². The van der Waals surface area contributed by atoms with Crippen LogP contribution >= 0.6 is 11.3 Å². The minimum Gasteiger partial charge on any atom is -0.328 e. The Morgan fingerprint density at radius 1 is 1.25 bits per heavy atom. The number of rotatable bonds is 5. The summed E-state index contributed by atoms with van der Waals surface area (Å²) in [7, 11) is 0. The topological polar surface area (TPSA) is 83.1 Å². The number of carbonyl (C=O) groups is 2. The Hall–Kier alpha value is -2.41. The van der Waals surface area contributed by atoms with Crippen LogP contribution in [-0.2, 0) is 4.79 Å². The van der Waals surface area contributed by atoms with Crippen molar-refractivity contribution in [2.75, 3.05) is 10.6 Å². The second kappa shape index (κ2) is 7.00. The monoisotopic (exact) mass is 344 g/mol. The average molecular weight is 344 g/mol. The smallest absolute Gasteiger partial charge is 0.319 e. The molecule has 1 heterocycles. The first-order chi connectivity index (χ1) is 11.5. The van der Waals surface area contributed by atoms with Gasteiger partial charge in [0, 0.05) is 29.4 Å². The number of aromatic nitrogens is 1. The second-order valence-electron chi connectivity index (χ2n) is 6.00. The molecule has 1 atom stereocenters. The molecule has 7 heteroatoms. The van der Waals surface area contributed by atoms with Crippen molar-refractivity contribution in [1.82, 2.24) is 10.3 Å². The van der Waals surface area contributed by atoms with E-state index >= 15 is 0 Å². The summed E-state index contributed by atoms with van der Waals surface area (Å²) in [5, 5.41) is 11.5. The summed E-state index contributed by atoms with van der Waals surface area (Å²) in [4.78, 5) is 28.0. The van der Waals surface area contributed by atoms with Crippen molar-refractivity contribution < 1.29 is 9.59 Å². The van der Waals surface area contributed by atoms with Crippen LogP contribution in [0.2, 0.25) is 0 Å². The molecule has 1 fully saturated rings. The Morgan fingerprint density at radius 2 is 1.96 bits per heavy atom. The van der Waals surface area contributed by atoms with Crippen molar-refractivity contribution in [3.05, 3.63) is 40.3 Å². The minimum absolute atomic E-state index is 0.0396. The highest BCUT2D eigenvalue weighted by Crippen LogP contribution is 2.41. The number of thiazole rings is 1. The lowest BCUT2D eigenvalue weighted by Gasteiger charge is -2.16. The fourth-order valence-electron chi connectivity index (χ4n) is 2.51. The SMILES string of the molecule is CC(=O)Nc1cccc(NC(=O)NC(c2nc(C)cs2)C2CC2)c1. The summed E-state index contributed by atoms with van der Waals surface area (Å²) in [6, 6.07) is 6.76. The van der Waals surface area contributed by atoms with Crippen LogP contribution in [0.25, 0.3) is 0 Å². The lowest BCUT2D eigenvalue weighted by atomic mass is 10.2. The molecule has 1 aliphatic carbocycles. The standard InChI is InChI=1S/C17H20N4O2S/c1-10-9-24-16(18-10)15(12-6-7-12)21-17(23)20-14-5-3-4-13(8-14)19-11(2)22/h3-5,8-9,12,15H,6-7H2,1-2H3,(H,19,22)(H2,20,21,23). The lowest BCUT2D eigenvalue weighted by Crippen LogP contribution is -2.33. The van der Waals surface area contributed by atoms with E-state index in [1.807, 2.05) is 12.3 Å². The van der Waals surface area contributed by atoms with Crippen LogP contribution in [-0.4, -0.2) is 16.9 Å². The molecule has 1 aromatic heterocycles. The molecule has 0 radical (unpaired) electrons. The second-order valence-corrected chi connectivity index (χ2v) is 6.89. The van der Waals surface area contributed by atoms with E-state index in [4.69, 9.17) is 0 Å². The quantitative estimate of drug-likeness (QED) is 0.773. The van der Waals surface area contributed by atoms with Crippen molar-refractivity contribution in [3.8, 4) is 0 Å². The molecule has 1 aromatic carbocycles. The van der Waals surface area contributed by atoms with Gasteiger partial charge in [0.1, 0.15) is 5.01 Å². The van der Waals surface area contributed by atoms with Crippen molar-refractivity contribution in [1.29, 1.82) is 0 Å². The summed E-state index contributed by atoms with van der Waals surface area (Å²) in [6.45, 7) is 3.40. The van der Waals surface area contributed by atoms with E-state index in [9.17, 15) is 9.59 Å². The van der Waals surface area contributed by atoms with Gasteiger partial charge in [-0.2, -0.15) is 0 Å². The van der Waals surface area contributed by atoms with Crippen molar-refractivity contribution >= 4 is 34.6 Å². The van der Waals surface area contributed by atoms with Crippen molar-refractivity contribution in [2.24, 2.45) is 5.92 Å². The highest BCUT2D eigenvalue weighted by Gasteiger charge is 2.35. The highest BCUT2D eigenvalue weighted by molar-refractivity contribution is 7.09. The number of urea groups is 1. The molecule has 24 heavy (non-hydrogen) atoms. The maximum absolute atomic E-state index is 12.3. The van der Waals surface area contributed by atoms with Gasteiger partial charge >= 0.3 is 6.03 Å². The summed E-state index contributed by atoms with van der Waals surface area (Å²) < 4.78 is 0. The predicted molar refractivity (Wildman–Crippen MR) is 95.2 cm³/mol. The molecule has 6 nitrogen and oxygen atoms in total. The predicted octanol–water partition coefficient (Wildman–Crippen LogP) is 3.68.